The van der Waals surface area contributed by atoms with Crippen LogP contribution in [0.4, 0.5) is 0 Å². The Labute approximate surface area is 149 Å². The van der Waals surface area contributed by atoms with E-state index < -0.39 is 0 Å². The number of aromatic nitrogens is 3. The lowest BCUT2D eigenvalue weighted by Crippen LogP contribution is -2.51. The third kappa shape index (κ3) is 4.25. The molecule has 0 saturated carbocycles. The Morgan fingerprint density at radius 2 is 2.00 bits per heavy atom. The van der Waals surface area contributed by atoms with Crippen molar-refractivity contribution in [3.8, 4) is 0 Å². The summed E-state index contributed by atoms with van der Waals surface area (Å²) in [7, 11) is 1.76. The van der Waals surface area contributed by atoms with Crippen LogP contribution in [0.2, 0.25) is 0 Å². The summed E-state index contributed by atoms with van der Waals surface area (Å²) in [5, 5.41) is 10.9. The number of fused-ring (bicyclic) bond motifs is 1. The summed E-state index contributed by atoms with van der Waals surface area (Å²) in [4.78, 5) is 14.9. The Morgan fingerprint density at radius 3 is 2.64 bits per heavy atom. The Bertz CT molecular complexity index is 746. The lowest BCUT2D eigenvalue weighted by Gasteiger charge is -2.37. The third-order valence-corrected chi connectivity index (χ3v) is 4.84. The molecule has 0 radical (unpaired) electrons. The first-order chi connectivity index (χ1) is 11.8. The first-order valence-corrected chi connectivity index (χ1v) is 8.79. The van der Waals surface area contributed by atoms with Crippen LogP contribution in [0.15, 0.2) is 30.5 Å². The molecule has 0 fully saturated rings. The molecule has 2 heterocycles. The fourth-order valence-electron chi connectivity index (χ4n) is 3.19. The van der Waals surface area contributed by atoms with Gasteiger partial charge in [-0.3, -0.25) is 14.4 Å². The molecule has 1 aliphatic heterocycles. The van der Waals surface area contributed by atoms with Gasteiger partial charge in [0.15, 0.2) is 5.69 Å². The molecule has 134 valence electrons. The van der Waals surface area contributed by atoms with E-state index >= 15 is 0 Å². The van der Waals surface area contributed by atoms with E-state index in [-0.39, 0.29) is 17.4 Å². The summed E-state index contributed by atoms with van der Waals surface area (Å²) in [5.41, 5.74) is 3.14. The SMILES string of the molecule is Cn1cc(C(=O)NC(CN2CCc3ccccc3C2)C(C)(C)C)nn1. The molecule has 3 rings (SSSR count). The number of rotatable bonds is 4. The van der Waals surface area contributed by atoms with E-state index in [9.17, 15) is 4.79 Å². The second kappa shape index (κ2) is 6.96. The highest BCUT2D eigenvalue weighted by atomic mass is 16.2. The van der Waals surface area contributed by atoms with Gasteiger partial charge >= 0.3 is 0 Å². The van der Waals surface area contributed by atoms with Gasteiger partial charge in [-0.05, 0) is 23.0 Å². The van der Waals surface area contributed by atoms with E-state index in [1.807, 2.05) is 0 Å². The Kier molecular flexibility index (Phi) is 4.90. The van der Waals surface area contributed by atoms with E-state index in [0.717, 1.165) is 26.1 Å². The second-order valence-corrected chi connectivity index (χ2v) is 7.92. The van der Waals surface area contributed by atoms with E-state index in [1.165, 1.54) is 11.1 Å². The van der Waals surface area contributed by atoms with Crippen LogP contribution in [-0.4, -0.2) is 44.9 Å². The van der Waals surface area contributed by atoms with Crippen molar-refractivity contribution in [1.82, 2.24) is 25.2 Å². The first-order valence-electron chi connectivity index (χ1n) is 8.79. The number of amides is 1. The second-order valence-electron chi connectivity index (χ2n) is 7.92. The van der Waals surface area contributed by atoms with Crippen LogP contribution in [0.5, 0.6) is 0 Å². The zero-order valence-electron chi connectivity index (χ0n) is 15.5. The lowest BCUT2D eigenvalue weighted by molar-refractivity contribution is 0.0858. The minimum Gasteiger partial charge on any atom is -0.346 e. The molecule has 1 aliphatic rings. The molecule has 1 aromatic heterocycles. The fraction of sp³-hybridized carbons (Fsp3) is 0.526. The van der Waals surface area contributed by atoms with Crippen LogP contribution in [-0.2, 0) is 20.0 Å². The highest BCUT2D eigenvalue weighted by Gasteiger charge is 2.30. The van der Waals surface area contributed by atoms with Gasteiger partial charge in [0.25, 0.3) is 5.91 Å². The van der Waals surface area contributed by atoms with Crippen LogP contribution in [0, 0.1) is 5.41 Å². The van der Waals surface area contributed by atoms with Crippen LogP contribution in [0.1, 0.15) is 42.4 Å². The highest BCUT2D eigenvalue weighted by molar-refractivity contribution is 5.92. The summed E-state index contributed by atoms with van der Waals surface area (Å²) in [6, 6.07) is 8.65. The number of aryl methyl sites for hydroxylation is 1. The van der Waals surface area contributed by atoms with Crippen LogP contribution >= 0.6 is 0 Å². The summed E-state index contributed by atoms with van der Waals surface area (Å²) in [6.07, 6.45) is 2.71. The van der Waals surface area contributed by atoms with Crippen molar-refractivity contribution in [2.24, 2.45) is 12.5 Å². The van der Waals surface area contributed by atoms with Crippen molar-refractivity contribution >= 4 is 5.91 Å². The van der Waals surface area contributed by atoms with E-state index in [0.29, 0.717) is 5.69 Å². The number of nitrogens with one attached hydrogen (secondary N) is 1. The van der Waals surface area contributed by atoms with Gasteiger partial charge in [-0.25, -0.2) is 0 Å². The quantitative estimate of drug-likeness (QED) is 0.924. The van der Waals surface area contributed by atoms with Crippen molar-refractivity contribution in [2.75, 3.05) is 13.1 Å². The van der Waals surface area contributed by atoms with Crippen molar-refractivity contribution in [3.63, 3.8) is 0 Å². The molecule has 6 nitrogen and oxygen atoms in total. The van der Waals surface area contributed by atoms with Gasteiger partial charge in [0, 0.05) is 32.7 Å². The van der Waals surface area contributed by atoms with Gasteiger partial charge < -0.3 is 5.32 Å². The third-order valence-electron chi connectivity index (χ3n) is 4.84. The molecule has 2 aromatic rings. The summed E-state index contributed by atoms with van der Waals surface area (Å²) in [6.45, 7) is 9.25. The maximum atomic E-state index is 12.5. The minimum atomic E-state index is -0.162. The average Bonchev–Trinajstić information content (AvgIpc) is 3.00. The number of hydrogen-bond acceptors (Lipinski definition) is 4. The van der Waals surface area contributed by atoms with Crippen LogP contribution in [0.25, 0.3) is 0 Å². The predicted octanol–water partition coefficient (Wildman–Crippen LogP) is 2.02. The normalized spacial score (nSPS) is 16.3. The van der Waals surface area contributed by atoms with Gasteiger partial charge in [-0.1, -0.05) is 50.3 Å². The topological polar surface area (TPSA) is 63.1 Å². The van der Waals surface area contributed by atoms with Crippen molar-refractivity contribution in [2.45, 2.75) is 39.8 Å². The molecular formula is C19H27N5O. The molecule has 0 aliphatic carbocycles. The van der Waals surface area contributed by atoms with Gasteiger partial charge in [-0.15, -0.1) is 5.10 Å². The first kappa shape index (κ1) is 17.6. The number of carbonyl (C=O) groups is 1. The summed E-state index contributed by atoms with van der Waals surface area (Å²) in [5.74, 6) is -0.162. The van der Waals surface area contributed by atoms with Crippen LogP contribution in [0.3, 0.4) is 0 Å². The zero-order valence-corrected chi connectivity index (χ0v) is 15.5. The highest BCUT2D eigenvalue weighted by Crippen LogP contribution is 2.24. The van der Waals surface area contributed by atoms with Gasteiger partial charge in [0.2, 0.25) is 0 Å². The van der Waals surface area contributed by atoms with E-state index in [4.69, 9.17) is 0 Å². The fourth-order valence-corrected chi connectivity index (χ4v) is 3.19. The Morgan fingerprint density at radius 1 is 1.28 bits per heavy atom. The predicted molar refractivity (Wildman–Crippen MR) is 97.1 cm³/mol. The number of carbonyl (C=O) groups excluding carboxylic acids is 1. The number of benzene rings is 1. The van der Waals surface area contributed by atoms with Crippen LogP contribution < -0.4 is 5.32 Å². The molecule has 0 spiro atoms. The molecular weight excluding hydrogens is 314 g/mol. The van der Waals surface area contributed by atoms with Crippen molar-refractivity contribution < 1.29 is 4.79 Å². The minimum absolute atomic E-state index is 0.0345. The largest absolute Gasteiger partial charge is 0.346 e. The summed E-state index contributed by atoms with van der Waals surface area (Å²) >= 11 is 0. The van der Waals surface area contributed by atoms with Crippen molar-refractivity contribution in [3.05, 3.63) is 47.3 Å². The molecule has 1 atom stereocenters. The number of hydrogen-bond donors (Lipinski definition) is 1. The number of nitrogens with zero attached hydrogens (tertiary/aromatic N) is 4. The zero-order chi connectivity index (χ0) is 18.0. The lowest BCUT2D eigenvalue weighted by atomic mass is 9.85. The molecule has 1 aromatic carbocycles. The molecule has 1 unspecified atom stereocenters. The van der Waals surface area contributed by atoms with Gasteiger partial charge in [-0.2, -0.15) is 0 Å². The molecule has 0 saturated heterocycles. The van der Waals surface area contributed by atoms with E-state index in [1.54, 1.807) is 17.9 Å². The van der Waals surface area contributed by atoms with Crippen molar-refractivity contribution in [1.29, 1.82) is 0 Å². The smallest absolute Gasteiger partial charge is 0.273 e. The Hall–Kier alpha value is -2.21. The van der Waals surface area contributed by atoms with E-state index in [2.05, 4.69) is 65.6 Å². The molecule has 1 amide bonds. The molecule has 0 bridgehead atoms. The maximum Gasteiger partial charge on any atom is 0.273 e. The molecule has 1 N–H and O–H groups in total. The van der Waals surface area contributed by atoms with Gasteiger partial charge in [0.1, 0.15) is 0 Å². The summed E-state index contributed by atoms with van der Waals surface area (Å²) < 4.78 is 1.54. The van der Waals surface area contributed by atoms with Gasteiger partial charge in [0.05, 0.1) is 6.20 Å². The Balaban J connectivity index is 1.69. The maximum absolute atomic E-state index is 12.5. The molecule has 6 heteroatoms. The standard InChI is InChI=1S/C19H27N5O/c1-19(2,3)17(20-18(25)16-12-23(4)22-21-16)13-24-10-9-14-7-5-6-8-15(14)11-24/h5-8,12,17H,9-11,13H2,1-4H3,(H,20,25). The monoisotopic (exact) mass is 341 g/mol. The molecule has 25 heavy (non-hydrogen) atoms. The average molecular weight is 341 g/mol.